The SMILES string of the molecule is CCOC(=O)C1=C(C)N=c2sc(=Cc3ccc(N4CCOCC4)o3)c(=O)n2C1c1ccc(C)cc1. The van der Waals surface area contributed by atoms with Gasteiger partial charge >= 0.3 is 5.97 Å². The lowest BCUT2D eigenvalue weighted by Gasteiger charge is -2.26. The van der Waals surface area contributed by atoms with Crippen LogP contribution in [-0.4, -0.2) is 43.4 Å². The number of benzene rings is 1. The minimum atomic E-state index is -0.617. The van der Waals surface area contributed by atoms with Crippen LogP contribution in [0.15, 0.2) is 61.9 Å². The normalized spacial score (nSPS) is 18.4. The van der Waals surface area contributed by atoms with Crippen molar-refractivity contribution in [2.75, 3.05) is 37.8 Å². The Bertz CT molecular complexity index is 1460. The molecule has 1 fully saturated rings. The Morgan fingerprint density at radius 2 is 1.91 bits per heavy atom. The summed E-state index contributed by atoms with van der Waals surface area (Å²) in [6, 6.07) is 11.0. The zero-order chi connectivity index (χ0) is 24.5. The quantitative estimate of drug-likeness (QED) is 0.508. The highest BCUT2D eigenvalue weighted by Crippen LogP contribution is 2.31. The van der Waals surface area contributed by atoms with Crippen molar-refractivity contribution in [2.45, 2.75) is 26.8 Å². The first-order valence-corrected chi connectivity index (χ1v) is 12.5. The van der Waals surface area contributed by atoms with Gasteiger partial charge in [-0.1, -0.05) is 41.2 Å². The number of rotatable bonds is 5. The second-order valence-electron chi connectivity index (χ2n) is 8.49. The van der Waals surface area contributed by atoms with E-state index in [2.05, 4.69) is 9.89 Å². The zero-order valence-corrected chi connectivity index (χ0v) is 20.8. The van der Waals surface area contributed by atoms with Crippen LogP contribution in [0, 0.1) is 6.92 Å². The van der Waals surface area contributed by atoms with E-state index in [1.54, 1.807) is 24.5 Å². The summed E-state index contributed by atoms with van der Waals surface area (Å²) < 4.78 is 18.8. The fourth-order valence-electron chi connectivity index (χ4n) is 4.36. The summed E-state index contributed by atoms with van der Waals surface area (Å²) in [7, 11) is 0. The number of furan rings is 1. The fraction of sp³-hybridized carbons (Fsp3) is 0.346. The average molecular weight is 494 g/mol. The van der Waals surface area contributed by atoms with Gasteiger partial charge in [-0.25, -0.2) is 9.79 Å². The maximum atomic E-state index is 13.6. The minimum absolute atomic E-state index is 0.224. The number of anilines is 1. The van der Waals surface area contributed by atoms with E-state index in [-0.39, 0.29) is 12.2 Å². The number of carbonyl (C=O) groups excluding carboxylic acids is 1. The van der Waals surface area contributed by atoms with Crippen LogP contribution < -0.4 is 19.8 Å². The molecular weight excluding hydrogens is 466 g/mol. The molecule has 1 atom stereocenters. The molecule has 1 unspecified atom stereocenters. The number of allylic oxidation sites excluding steroid dienone is 1. The molecule has 4 heterocycles. The van der Waals surface area contributed by atoms with Gasteiger partial charge in [0.1, 0.15) is 5.76 Å². The van der Waals surface area contributed by atoms with Crippen LogP contribution in [0.2, 0.25) is 0 Å². The lowest BCUT2D eigenvalue weighted by molar-refractivity contribution is -0.139. The van der Waals surface area contributed by atoms with Gasteiger partial charge in [0, 0.05) is 25.2 Å². The van der Waals surface area contributed by atoms with Gasteiger partial charge < -0.3 is 18.8 Å². The van der Waals surface area contributed by atoms with Gasteiger partial charge in [-0.3, -0.25) is 9.36 Å². The molecule has 8 nitrogen and oxygen atoms in total. The molecule has 0 spiro atoms. The van der Waals surface area contributed by atoms with Gasteiger partial charge in [0.05, 0.1) is 41.7 Å². The molecule has 35 heavy (non-hydrogen) atoms. The summed E-state index contributed by atoms with van der Waals surface area (Å²) in [5.41, 5.74) is 2.62. The predicted octanol–water partition coefficient (Wildman–Crippen LogP) is 2.54. The number of carbonyl (C=O) groups is 1. The summed E-state index contributed by atoms with van der Waals surface area (Å²) in [6.07, 6.45) is 1.74. The molecule has 182 valence electrons. The number of hydrogen-bond donors (Lipinski definition) is 0. The van der Waals surface area contributed by atoms with E-state index in [1.165, 1.54) is 11.3 Å². The molecule has 9 heteroatoms. The minimum Gasteiger partial charge on any atom is -0.463 e. The molecule has 3 aromatic rings. The van der Waals surface area contributed by atoms with Crippen LogP contribution >= 0.6 is 11.3 Å². The predicted molar refractivity (Wildman–Crippen MR) is 133 cm³/mol. The number of aryl methyl sites for hydroxylation is 1. The number of aromatic nitrogens is 1. The maximum absolute atomic E-state index is 13.6. The van der Waals surface area contributed by atoms with Crippen LogP contribution in [0.25, 0.3) is 6.08 Å². The van der Waals surface area contributed by atoms with Crippen molar-refractivity contribution in [2.24, 2.45) is 4.99 Å². The number of thiazole rings is 1. The monoisotopic (exact) mass is 493 g/mol. The second-order valence-corrected chi connectivity index (χ2v) is 9.50. The molecule has 0 aliphatic carbocycles. The van der Waals surface area contributed by atoms with E-state index in [1.807, 2.05) is 43.3 Å². The highest BCUT2D eigenvalue weighted by Gasteiger charge is 2.33. The van der Waals surface area contributed by atoms with E-state index >= 15 is 0 Å². The van der Waals surface area contributed by atoms with Crippen molar-refractivity contribution in [3.8, 4) is 0 Å². The first kappa shape index (κ1) is 23.3. The number of fused-ring (bicyclic) bond motifs is 1. The van der Waals surface area contributed by atoms with Crippen LogP contribution in [0.4, 0.5) is 5.88 Å². The maximum Gasteiger partial charge on any atom is 0.338 e. The first-order valence-electron chi connectivity index (χ1n) is 11.6. The lowest BCUT2D eigenvalue weighted by atomic mass is 9.95. The Kier molecular flexibility index (Phi) is 6.44. The van der Waals surface area contributed by atoms with E-state index in [9.17, 15) is 9.59 Å². The van der Waals surface area contributed by atoms with Crippen molar-refractivity contribution in [3.05, 3.63) is 84.2 Å². The van der Waals surface area contributed by atoms with Gasteiger partial charge in [0.25, 0.3) is 5.56 Å². The van der Waals surface area contributed by atoms with E-state index in [0.29, 0.717) is 39.6 Å². The summed E-state index contributed by atoms with van der Waals surface area (Å²) >= 11 is 1.28. The Labute approximate surface area is 206 Å². The second kappa shape index (κ2) is 9.67. The van der Waals surface area contributed by atoms with Crippen molar-refractivity contribution in [1.82, 2.24) is 4.57 Å². The van der Waals surface area contributed by atoms with Crippen LogP contribution in [-0.2, 0) is 14.3 Å². The van der Waals surface area contributed by atoms with Crippen LogP contribution in [0.5, 0.6) is 0 Å². The van der Waals surface area contributed by atoms with Crippen LogP contribution in [0.1, 0.15) is 36.8 Å². The van der Waals surface area contributed by atoms with Crippen molar-refractivity contribution >= 4 is 29.3 Å². The number of esters is 1. The largest absolute Gasteiger partial charge is 0.463 e. The molecule has 5 rings (SSSR count). The van der Waals surface area contributed by atoms with Gasteiger partial charge in [-0.15, -0.1) is 0 Å². The van der Waals surface area contributed by atoms with Gasteiger partial charge in [-0.05, 0) is 32.4 Å². The summed E-state index contributed by atoms with van der Waals surface area (Å²) in [4.78, 5) is 33.9. The molecule has 2 aromatic heterocycles. The molecule has 0 amide bonds. The topological polar surface area (TPSA) is 86.3 Å². The summed E-state index contributed by atoms with van der Waals surface area (Å²) in [5.74, 6) is 0.880. The smallest absolute Gasteiger partial charge is 0.338 e. The Hall–Kier alpha value is -3.43. The summed E-state index contributed by atoms with van der Waals surface area (Å²) in [6.45, 7) is 8.64. The molecule has 0 radical (unpaired) electrons. The molecule has 2 aliphatic heterocycles. The molecule has 0 bridgehead atoms. The third-order valence-electron chi connectivity index (χ3n) is 6.12. The Morgan fingerprint density at radius 3 is 2.63 bits per heavy atom. The summed E-state index contributed by atoms with van der Waals surface area (Å²) in [5, 5.41) is 0. The molecule has 1 aromatic carbocycles. The molecule has 0 saturated carbocycles. The van der Waals surface area contributed by atoms with Gasteiger partial charge in [-0.2, -0.15) is 0 Å². The van der Waals surface area contributed by atoms with Crippen molar-refractivity contribution < 1.29 is 18.7 Å². The number of ether oxygens (including phenoxy) is 2. The van der Waals surface area contributed by atoms with Gasteiger partial charge in [0.2, 0.25) is 0 Å². The third-order valence-corrected chi connectivity index (χ3v) is 7.10. The van der Waals surface area contributed by atoms with Gasteiger partial charge in [0.15, 0.2) is 10.7 Å². The van der Waals surface area contributed by atoms with E-state index in [4.69, 9.17) is 13.9 Å². The lowest BCUT2D eigenvalue weighted by Crippen LogP contribution is -2.39. The molecular formula is C26H27N3O5S. The Balaban J connectivity index is 1.60. The van der Waals surface area contributed by atoms with Crippen LogP contribution in [0.3, 0.4) is 0 Å². The molecule has 0 N–H and O–H groups in total. The fourth-order valence-corrected chi connectivity index (χ4v) is 5.39. The van der Waals surface area contributed by atoms with Crippen molar-refractivity contribution in [1.29, 1.82) is 0 Å². The molecule has 2 aliphatic rings. The Morgan fingerprint density at radius 1 is 1.17 bits per heavy atom. The standard InChI is InChI=1S/C26H27N3O5S/c1-4-33-25(31)22-17(3)27-26-29(23(22)18-7-5-16(2)6-8-18)24(30)20(35-26)15-19-9-10-21(34-19)28-11-13-32-14-12-28/h5-10,15,23H,4,11-14H2,1-3H3. The highest BCUT2D eigenvalue weighted by molar-refractivity contribution is 7.07. The molecule has 1 saturated heterocycles. The zero-order valence-electron chi connectivity index (χ0n) is 19.9. The van der Waals surface area contributed by atoms with E-state index < -0.39 is 12.0 Å². The number of nitrogens with zero attached hydrogens (tertiary/aromatic N) is 3. The first-order chi connectivity index (χ1) is 17.0. The number of morpholine rings is 1. The average Bonchev–Trinajstić information content (AvgIpc) is 3.44. The van der Waals surface area contributed by atoms with E-state index in [0.717, 1.165) is 30.1 Å². The number of hydrogen-bond acceptors (Lipinski definition) is 8. The van der Waals surface area contributed by atoms with Crippen molar-refractivity contribution in [3.63, 3.8) is 0 Å². The highest BCUT2D eigenvalue weighted by atomic mass is 32.1. The third kappa shape index (κ3) is 4.49.